The fourth-order valence-electron chi connectivity index (χ4n) is 4.10. The number of nitrogens with zero attached hydrogens (tertiary/aromatic N) is 4. The minimum atomic E-state index is -0.214. The molecule has 7 heteroatoms. The summed E-state index contributed by atoms with van der Waals surface area (Å²) in [6.45, 7) is 5.42. The second-order valence-corrected chi connectivity index (χ2v) is 7.35. The highest BCUT2D eigenvalue weighted by Crippen LogP contribution is 2.35. The lowest BCUT2D eigenvalue weighted by Gasteiger charge is -2.43. The van der Waals surface area contributed by atoms with Gasteiger partial charge in [0.1, 0.15) is 6.10 Å². The Morgan fingerprint density at radius 1 is 1.16 bits per heavy atom. The second kappa shape index (κ2) is 7.25. The average molecular weight is 346 g/mol. The molecule has 1 aromatic rings. The zero-order valence-electron chi connectivity index (χ0n) is 14.6. The van der Waals surface area contributed by atoms with E-state index in [0.717, 1.165) is 64.4 Å². The van der Waals surface area contributed by atoms with E-state index in [-0.39, 0.29) is 17.4 Å². The van der Waals surface area contributed by atoms with Gasteiger partial charge in [-0.1, -0.05) is 0 Å². The van der Waals surface area contributed by atoms with Gasteiger partial charge in [-0.15, -0.1) is 0 Å². The number of carbonyl (C=O) groups excluding carboxylic acids is 1. The lowest BCUT2D eigenvalue weighted by Crippen LogP contribution is -2.51. The molecule has 0 N–H and O–H groups in total. The summed E-state index contributed by atoms with van der Waals surface area (Å²) in [5.41, 5.74) is 0.0724. The van der Waals surface area contributed by atoms with E-state index in [1.807, 2.05) is 11.0 Å². The van der Waals surface area contributed by atoms with Gasteiger partial charge in [-0.3, -0.25) is 4.79 Å². The number of anilines is 1. The number of piperidine rings is 1. The first-order chi connectivity index (χ1) is 12.3. The standard InChI is InChI=1S/C18H26N4O3/c23-16(15-3-1-11-25-15)21-8-4-18(5-9-21)13-22(10-12-24-14-18)17-19-6-2-7-20-17/h2,6-7,15H,1,3-5,8-14H2/t15-/m1/s1. The average Bonchev–Trinajstić information content (AvgIpc) is 3.12. The number of hydrogen-bond donors (Lipinski definition) is 0. The maximum absolute atomic E-state index is 12.6. The van der Waals surface area contributed by atoms with Crippen molar-refractivity contribution in [2.75, 3.05) is 50.9 Å². The molecule has 3 saturated heterocycles. The number of aromatic nitrogens is 2. The largest absolute Gasteiger partial charge is 0.379 e. The highest BCUT2D eigenvalue weighted by molar-refractivity contribution is 5.81. The summed E-state index contributed by atoms with van der Waals surface area (Å²) in [6.07, 6.45) is 7.11. The number of hydrogen-bond acceptors (Lipinski definition) is 6. The molecule has 25 heavy (non-hydrogen) atoms. The normalized spacial score (nSPS) is 26.6. The molecular formula is C18H26N4O3. The molecule has 3 aliphatic heterocycles. The van der Waals surface area contributed by atoms with Crippen molar-refractivity contribution in [2.24, 2.45) is 5.41 Å². The molecule has 0 aliphatic carbocycles. The lowest BCUT2D eigenvalue weighted by atomic mass is 9.78. The Hall–Kier alpha value is -1.73. The van der Waals surface area contributed by atoms with Crippen LogP contribution in [0.25, 0.3) is 0 Å². The summed E-state index contributed by atoms with van der Waals surface area (Å²) in [5.74, 6) is 0.940. The highest BCUT2D eigenvalue weighted by Gasteiger charge is 2.41. The number of carbonyl (C=O) groups is 1. The fraction of sp³-hybridized carbons (Fsp3) is 0.722. The van der Waals surface area contributed by atoms with Gasteiger partial charge >= 0.3 is 0 Å². The van der Waals surface area contributed by atoms with Crippen LogP contribution in [0, 0.1) is 5.41 Å². The third-order valence-electron chi connectivity index (χ3n) is 5.62. The van der Waals surface area contributed by atoms with Gasteiger partial charge in [0.25, 0.3) is 5.91 Å². The topological polar surface area (TPSA) is 67.8 Å². The summed E-state index contributed by atoms with van der Waals surface area (Å²) in [6, 6.07) is 1.84. The third-order valence-corrected chi connectivity index (χ3v) is 5.62. The first kappa shape index (κ1) is 16.7. The Balaban J connectivity index is 1.41. The summed E-state index contributed by atoms with van der Waals surface area (Å²) in [7, 11) is 0. The molecule has 3 fully saturated rings. The van der Waals surface area contributed by atoms with E-state index in [1.165, 1.54) is 0 Å². The molecule has 7 nitrogen and oxygen atoms in total. The molecule has 0 saturated carbocycles. The van der Waals surface area contributed by atoms with Gasteiger partial charge in [-0.25, -0.2) is 9.97 Å². The van der Waals surface area contributed by atoms with Gasteiger partial charge in [0.15, 0.2) is 0 Å². The Bertz CT molecular complexity index is 583. The molecule has 0 radical (unpaired) electrons. The Morgan fingerprint density at radius 3 is 2.68 bits per heavy atom. The Kier molecular flexibility index (Phi) is 4.85. The molecule has 136 valence electrons. The van der Waals surface area contributed by atoms with Crippen LogP contribution in [-0.4, -0.2) is 72.9 Å². The first-order valence-corrected chi connectivity index (χ1v) is 9.26. The molecule has 4 heterocycles. The summed E-state index contributed by atoms with van der Waals surface area (Å²) >= 11 is 0. The molecule has 4 rings (SSSR count). The number of likely N-dealkylation sites (tertiary alicyclic amines) is 1. The summed E-state index contributed by atoms with van der Waals surface area (Å²) in [4.78, 5) is 25.6. The quantitative estimate of drug-likeness (QED) is 0.799. The van der Waals surface area contributed by atoms with Crippen LogP contribution in [0.2, 0.25) is 0 Å². The van der Waals surface area contributed by atoms with Crippen LogP contribution in [0.5, 0.6) is 0 Å². The van der Waals surface area contributed by atoms with Crippen LogP contribution in [-0.2, 0) is 14.3 Å². The molecule has 1 amide bonds. The smallest absolute Gasteiger partial charge is 0.251 e. The monoisotopic (exact) mass is 346 g/mol. The predicted octanol–water partition coefficient (Wildman–Crippen LogP) is 1.10. The van der Waals surface area contributed by atoms with Gasteiger partial charge in [-0.2, -0.15) is 0 Å². The van der Waals surface area contributed by atoms with E-state index in [4.69, 9.17) is 9.47 Å². The van der Waals surface area contributed by atoms with Gasteiger partial charge in [0, 0.05) is 50.6 Å². The highest BCUT2D eigenvalue weighted by atomic mass is 16.5. The number of rotatable bonds is 2. The van der Waals surface area contributed by atoms with E-state index in [0.29, 0.717) is 13.2 Å². The Labute approximate surface area is 148 Å². The molecular weight excluding hydrogens is 320 g/mol. The first-order valence-electron chi connectivity index (χ1n) is 9.26. The van der Waals surface area contributed by atoms with E-state index in [1.54, 1.807) is 12.4 Å². The predicted molar refractivity (Wildman–Crippen MR) is 92.3 cm³/mol. The number of ether oxygens (including phenoxy) is 2. The fourth-order valence-corrected chi connectivity index (χ4v) is 4.10. The van der Waals surface area contributed by atoms with E-state index >= 15 is 0 Å². The van der Waals surface area contributed by atoms with Gasteiger partial charge in [-0.05, 0) is 31.7 Å². The van der Waals surface area contributed by atoms with Crippen molar-refractivity contribution >= 4 is 11.9 Å². The minimum absolute atomic E-state index is 0.0724. The molecule has 1 atom stereocenters. The van der Waals surface area contributed by atoms with Gasteiger partial charge in [0.2, 0.25) is 5.95 Å². The van der Waals surface area contributed by atoms with Crippen LogP contribution >= 0.6 is 0 Å². The molecule has 0 unspecified atom stereocenters. The summed E-state index contributed by atoms with van der Waals surface area (Å²) < 4.78 is 11.5. The van der Waals surface area contributed by atoms with Crippen molar-refractivity contribution in [1.29, 1.82) is 0 Å². The molecule has 0 bridgehead atoms. The minimum Gasteiger partial charge on any atom is -0.379 e. The van der Waals surface area contributed by atoms with Crippen LogP contribution < -0.4 is 4.90 Å². The van der Waals surface area contributed by atoms with Crippen molar-refractivity contribution in [3.8, 4) is 0 Å². The Morgan fingerprint density at radius 2 is 1.96 bits per heavy atom. The van der Waals surface area contributed by atoms with Crippen molar-refractivity contribution in [3.05, 3.63) is 18.5 Å². The zero-order chi connectivity index (χ0) is 17.1. The summed E-state index contributed by atoms with van der Waals surface area (Å²) in [5, 5.41) is 0. The maximum atomic E-state index is 12.6. The molecule has 1 spiro atoms. The van der Waals surface area contributed by atoms with E-state index in [9.17, 15) is 4.79 Å². The van der Waals surface area contributed by atoms with E-state index < -0.39 is 0 Å². The van der Waals surface area contributed by atoms with Gasteiger partial charge < -0.3 is 19.3 Å². The SMILES string of the molecule is O=C([C@H]1CCCO1)N1CCC2(CC1)COCCN(c1ncccn1)C2. The van der Waals surface area contributed by atoms with Crippen molar-refractivity contribution < 1.29 is 14.3 Å². The van der Waals surface area contributed by atoms with Crippen LogP contribution in [0.1, 0.15) is 25.7 Å². The van der Waals surface area contributed by atoms with Crippen molar-refractivity contribution in [2.45, 2.75) is 31.8 Å². The van der Waals surface area contributed by atoms with Crippen molar-refractivity contribution in [3.63, 3.8) is 0 Å². The molecule has 0 aromatic carbocycles. The number of amides is 1. The van der Waals surface area contributed by atoms with E-state index in [2.05, 4.69) is 14.9 Å². The van der Waals surface area contributed by atoms with Gasteiger partial charge in [0.05, 0.1) is 13.2 Å². The van der Waals surface area contributed by atoms with Crippen molar-refractivity contribution in [1.82, 2.24) is 14.9 Å². The lowest BCUT2D eigenvalue weighted by molar-refractivity contribution is -0.143. The maximum Gasteiger partial charge on any atom is 0.251 e. The van der Waals surface area contributed by atoms with Crippen LogP contribution in [0.15, 0.2) is 18.5 Å². The second-order valence-electron chi connectivity index (χ2n) is 7.35. The van der Waals surface area contributed by atoms with Crippen LogP contribution in [0.4, 0.5) is 5.95 Å². The third kappa shape index (κ3) is 3.62. The molecule has 3 aliphatic rings. The molecule has 1 aromatic heterocycles. The van der Waals surface area contributed by atoms with Crippen LogP contribution in [0.3, 0.4) is 0 Å². The zero-order valence-corrected chi connectivity index (χ0v) is 14.6.